The van der Waals surface area contributed by atoms with Crippen LogP contribution < -0.4 is 0 Å². The van der Waals surface area contributed by atoms with Crippen LogP contribution in [0.4, 0.5) is 0 Å². The molecule has 0 saturated carbocycles. The highest BCUT2D eigenvalue weighted by Gasteiger charge is 2.15. The van der Waals surface area contributed by atoms with Crippen molar-refractivity contribution in [1.29, 1.82) is 0 Å². The van der Waals surface area contributed by atoms with Crippen LogP contribution >= 0.6 is 0 Å². The normalized spacial score (nSPS) is 12.1. The largest absolute Gasteiger partial charge is 0.481 e. The van der Waals surface area contributed by atoms with E-state index in [1.165, 1.54) is 12.8 Å². The van der Waals surface area contributed by atoms with Crippen LogP contribution in [-0.4, -0.2) is 98.4 Å². The molecule has 10 heteroatoms. The molecular weight excluding hydrogens is 520 g/mol. The summed E-state index contributed by atoms with van der Waals surface area (Å²) in [5, 5.41) is 34.4. The first kappa shape index (κ1) is 43.2. The van der Waals surface area contributed by atoms with Crippen LogP contribution in [0.1, 0.15) is 105 Å². The van der Waals surface area contributed by atoms with Gasteiger partial charge in [0.1, 0.15) is 0 Å². The third-order valence-corrected chi connectivity index (χ3v) is 5.87. The zero-order valence-electron chi connectivity index (χ0n) is 25.9. The summed E-state index contributed by atoms with van der Waals surface area (Å²) in [6.07, 6.45) is 12.1. The number of hydrogen-bond donors (Lipinski definition) is 4. The average molecular weight is 583 g/mol. The van der Waals surface area contributed by atoms with Crippen molar-refractivity contribution >= 4 is 11.9 Å². The first-order valence-corrected chi connectivity index (χ1v) is 15.3. The summed E-state index contributed by atoms with van der Waals surface area (Å²) in [6, 6.07) is 0. The predicted octanol–water partition coefficient (Wildman–Crippen LogP) is 5.17. The van der Waals surface area contributed by atoms with Gasteiger partial charge in [0, 0.05) is 0 Å². The van der Waals surface area contributed by atoms with Crippen LogP contribution in [0.15, 0.2) is 0 Å². The molecule has 0 radical (unpaired) electrons. The van der Waals surface area contributed by atoms with Gasteiger partial charge in [0.05, 0.1) is 77.9 Å². The lowest BCUT2D eigenvalue weighted by Crippen LogP contribution is -2.13. The molecule has 2 atom stereocenters. The minimum absolute atomic E-state index is 0.0386. The first-order chi connectivity index (χ1) is 19.4. The van der Waals surface area contributed by atoms with Crippen molar-refractivity contribution in [3.8, 4) is 0 Å². The molecule has 0 aromatic heterocycles. The Bertz CT molecular complexity index is 461. The maximum absolute atomic E-state index is 10.7. The van der Waals surface area contributed by atoms with E-state index in [1.54, 1.807) is 0 Å². The van der Waals surface area contributed by atoms with Gasteiger partial charge in [-0.15, -0.1) is 0 Å². The highest BCUT2D eigenvalue weighted by Crippen LogP contribution is 2.16. The Labute approximate surface area is 243 Å². The van der Waals surface area contributed by atoms with Crippen LogP contribution in [0.2, 0.25) is 0 Å². The molecule has 242 valence electrons. The third kappa shape index (κ3) is 36.7. The molecular formula is C30H62O10. The summed E-state index contributed by atoms with van der Waals surface area (Å²) in [5.41, 5.74) is 0. The van der Waals surface area contributed by atoms with Gasteiger partial charge >= 0.3 is 11.9 Å². The molecule has 40 heavy (non-hydrogen) atoms. The van der Waals surface area contributed by atoms with Crippen molar-refractivity contribution in [3.05, 3.63) is 0 Å². The lowest BCUT2D eigenvalue weighted by atomic mass is 9.97. The van der Waals surface area contributed by atoms with Crippen molar-refractivity contribution in [2.45, 2.75) is 105 Å². The molecule has 0 aliphatic heterocycles. The summed E-state index contributed by atoms with van der Waals surface area (Å²) < 4.78 is 20.4. The lowest BCUT2D eigenvalue weighted by molar-refractivity contribution is -0.143. The molecule has 4 N–H and O–H groups in total. The van der Waals surface area contributed by atoms with E-state index in [0.717, 1.165) is 64.2 Å². The van der Waals surface area contributed by atoms with Crippen molar-refractivity contribution in [3.63, 3.8) is 0 Å². The van der Waals surface area contributed by atoms with Gasteiger partial charge in [-0.2, -0.15) is 0 Å². The summed E-state index contributed by atoms with van der Waals surface area (Å²) in [6.45, 7) is 12.1. The number of hydrogen-bond acceptors (Lipinski definition) is 8. The molecule has 0 heterocycles. The molecule has 0 saturated heterocycles. The van der Waals surface area contributed by atoms with Gasteiger partial charge in [-0.3, -0.25) is 9.59 Å². The summed E-state index contributed by atoms with van der Waals surface area (Å²) in [5.74, 6) is -1.43. The fourth-order valence-corrected chi connectivity index (χ4v) is 3.65. The molecule has 0 fully saturated rings. The number of carbonyl (C=O) groups is 2. The second-order valence-corrected chi connectivity index (χ2v) is 9.54. The Morgan fingerprint density at radius 3 is 1.00 bits per heavy atom. The number of carboxylic acid groups (broad SMARTS) is 2. The second-order valence-electron chi connectivity index (χ2n) is 9.54. The van der Waals surface area contributed by atoms with Gasteiger partial charge in [-0.1, -0.05) is 79.1 Å². The van der Waals surface area contributed by atoms with Crippen LogP contribution in [0, 0.1) is 11.8 Å². The molecule has 0 aliphatic carbocycles. The molecule has 0 bridgehead atoms. The number of aliphatic carboxylic acids is 2. The van der Waals surface area contributed by atoms with Gasteiger partial charge in [0.25, 0.3) is 0 Å². The minimum atomic E-state index is -0.618. The topological polar surface area (TPSA) is 152 Å². The standard InChI is InChI=1S/C10H22O6.2C10H20O2/c11-1-3-13-5-7-15-9-10-16-8-6-14-4-2-12;2*1-3-5-6-8-9(7-4-2)10(11)12/h11-12H,1-10H2;2*9H,3-8H2,1-2H3,(H,11,12). The zero-order chi connectivity index (χ0) is 30.7. The number of aliphatic hydroxyl groups is 2. The maximum atomic E-state index is 10.7. The summed E-state index contributed by atoms with van der Waals surface area (Å²) in [7, 11) is 0. The molecule has 0 aromatic rings. The Morgan fingerprint density at radius 1 is 0.475 bits per heavy atom. The lowest BCUT2D eigenvalue weighted by Gasteiger charge is -2.09. The van der Waals surface area contributed by atoms with E-state index in [0.29, 0.717) is 52.9 Å². The predicted molar refractivity (Wildman–Crippen MR) is 158 cm³/mol. The Kier molecular flexibility index (Phi) is 40.7. The van der Waals surface area contributed by atoms with E-state index in [9.17, 15) is 9.59 Å². The molecule has 0 aromatic carbocycles. The van der Waals surface area contributed by atoms with E-state index >= 15 is 0 Å². The molecule has 0 aliphatic rings. The van der Waals surface area contributed by atoms with E-state index < -0.39 is 11.9 Å². The van der Waals surface area contributed by atoms with Crippen LogP contribution in [-0.2, 0) is 28.5 Å². The number of carboxylic acids is 2. The van der Waals surface area contributed by atoms with Crippen LogP contribution in [0.25, 0.3) is 0 Å². The van der Waals surface area contributed by atoms with Gasteiger partial charge in [0.15, 0.2) is 0 Å². The van der Waals surface area contributed by atoms with Gasteiger partial charge in [-0.05, 0) is 25.7 Å². The molecule has 0 spiro atoms. The van der Waals surface area contributed by atoms with Crippen LogP contribution in [0.3, 0.4) is 0 Å². The third-order valence-electron chi connectivity index (χ3n) is 5.87. The number of unbranched alkanes of at least 4 members (excludes halogenated alkanes) is 4. The number of aliphatic hydroxyl groups excluding tert-OH is 2. The monoisotopic (exact) mass is 582 g/mol. The summed E-state index contributed by atoms with van der Waals surface area (Å²) >= 11 is 0. The molecule has 0 amide bonds. The zero-order valence-corrected chi connectivity index (χ0v) is 25.9. The van der Waals surface area contributed by atoms with Gasteiger partial charge in [0.2, 0.25) is 0 Å². The Balaban J connectivity index is -0.000000522. The highest BCUT2D eigenvalue weighted by molar-refractivity contribution is 5.70. The number of ether oxygens (including phenoxy) is 4. The SMILES string of the molecule is CCCCCC(CCC)C(=O)O.CCCCCC(CCC)C(=O)O.OCCOCCOCCOCCOCCO. The average Bonchev–Trinajstić information content (AvgIpc) is 2.93. The molecule has 2 unspecified atom stereocenters. The maximum Gasteiger partial charge on any atom is 0.306 e. The Hall–Kier alpha value is -1.30. The quantitative estimate of drug-likeness (QED) is 0.0954. The highest BCUT2D eigenvalue weighted by atomic mass is 16.6. The van der Waals surface area contributed by atoms with E-state index in [1.807, 2.05) is 13.8 Å². The number of rotatable bonds is 27. The minimum Gasteiger partial charge on any atom is -0.481 e. The summed E-state index contributed by atoms with van der Waals surface area (Å²) in [4.78, 5) is 21.4. The fourth-order valence-electron chi connectivity index (χ4n) is 3.65. The van der Waals surface area contributed by atoms with E-state index in [4.69, 9.17) is 39.4 Å². The van der Waals surface area contributed by atoms with E-state index in [-0.39, 0.29) is 25.0 Å². The van der Waals surface area contributed by atoms with Crippen molar-refractivity contribution in [1.82, 2.24) is 0 Å². The van der Waals surface area contributed by atoms with E-state index in [2.05, 4.69) is 13.8 Å². The molecule has 0 rings (SSSR count). The smallest absolute Gasteiger partial charge is 0.306 e. The second kappa shape index (κ2) is 37.7. The van der Waals surface area contributed by atoms with Crippen LogP contribution in [0.5, 0.6) is 0 Å². The Morgan fingerprint density at radius 2 is 0.775 bits per heavy atom. The fraction of sp³-hybridized carbons (Fsp3) is 0.933. The van der Waals surface area contributed by atoms with Crippen molar-refractivity contribution in [2.24, 2.45) is 11.8 Å². The van der Waals surface area contributed by atoms with Gasteiger partial charge in [-0.25, -0.2) is 0 Å². The van der Waals surface area contributed by atoms with Crippen molar-refractivity contribution in [2.75, 3.05) is 66.1 Å². The molecule has 10 nitrogen and oxygen atoms in total. The van der Waals surface area contributed by atoms with Crippen molar-refractivity contribution < 1.29 is 49.0 Å². The first-order valence-electron chi connectivity index (χ1n) is 15.3. The van der Waals surface area contributed by atoms with Gasteiger partial charge < -0.3 is 39.4 Å².